The Bertz CT molecular complexity index is 1050. The van der Waals surface area contributed by atoms with Crippen LogP contribution in [0, 0.1) is 0 Å². The van der Waals surface area contributed by atoms with E-state index in [2.05, 4.69) is 61.6 Å². The Kier molecular flexibility index (Phi) is 37.8. The van der Waals surface area contributed by atoms with Gasteiger partial charge in [-0.1, -0.05) is 120 Å². The molecule has 10 heteroatoms. The fraction of sp³-hybridized carbons (Fsp3) is 0.698. The fourth-order valence-electron chi connectivity index (χ4n) is 5.10. The SMILES string of the molecule is CCCCCCCC/C=C\CCCCCC/C=C/OC[C@H](COP(=O)(O)OCCN)OC(=O)CCC/C=C\C/C=C\C/C=C\C/C=C\CC[C@H](O)CC. The van der Waals surface area contributed by atoms with Crippen LogP contribution >= 0.6 is 7.82 Å². The minimum absolute atomic E-state index is 0.00755. The van der Waals surface area contributed by atoms with Gasteiger partial charge >= 0.3 is 13.8 Å². The van der Waals surface area contributed by atoms with E-state index < -0.39 is 19.9 Å². The van der Waals surface area contributed by atoms with Gasteiger partial charge in [-0.3, -0.25) is 13.8 Å². The molecular formula is C43H76NO8P. The lowest BCUT2D eigenvalue weighted by Crippen LogP contribution is -2.27. The van der Waals surface area contributed by atoms with Crippen molar-refractivity contribution in [1.29, 1.82) is 0 Å². The standard InChI is InChI=1S/C43H76NO8P/c1-3-5-6-7-8-9-10-11-12-15-18-21-24-27-30-33-37-49-39-42(40-51-53(47,48)50-38-36-44)52-43(46)35-32-29-26-23-20-17-14-13-16-19-22-25-28-31-34-41(45)4-2/h11-12,14,16-17,19,23,25-26,28,33,37,41-42,45H,3-10,13,15,18,20-22,24,27,29-32,34-36,38-40,44H2,1-2H3,(H,47,48)/b12-11-,17-14-,19-16-,26-23-,28-25-,37-33+/t41-,42-/m1/s1. The van der Waals surface area contributed by atoms with E-state index in [1.807, 2.05) is 19.1 Å². The van der Waals surface area contributed by atoms with Crippen molar-refractivity contribution < 1.29 is 37.9 Å². The molecule has 0 radical (unpaired) electrons. The summed E-state index contributed by atoms with van der Waals surface area (Å²) in [5, 5.41) is 9.55. The number of ether oxygens (including phenoxy) is 2. The summed E-state index contributed by atoms with van der Waals surface area (Å²) in [5.41, 5.74) is 5.35. The van der Waals surface area contributed by atoms with Crippen molar-refractivity contribution >= 4 is 13.8 Å². The highest BCUT2D eigenvalue weighted by Crippen LogP contribution is 2.43. The van der Waals surface area contributed by atoms with Crippen molar-refractivity contribution in [2.24, 2.45) is 5.73 Å². The molecule has 1 unspecified atom stereocenters. The number of hydrogen-bond donors (Lipinski definition) is 3. The van der Waals surface area contributed by atoms with Gasteiger partial charge in [0.2, 0.25) is 0 Å². The van der Waals surface area contributed by atoms with E-state index >= 15 is 0 Å². The van der Waals surface area contributed by atoms with Gasteiger partial charge in [0.15, 0.2) is 6.10 Å². The molecule has 0 aliphatic heterocycles. The highest BCUT2D eigenvalue weighted by Gasteiger charge is 2.25. The smallest absolute Gasteiger partial charge is 0.472 e. The van der Waals surface area contributed by atoms with E-state index in [0.29, 0.717) is 6.42 Å². The molecule has 53 heavy (non-hydrogen) atoms. The quantitative estimate of drug-likeness (QED) is 0.0184. The summed E-state index contributed by atoms with van der Waals surface area (Å²) in [7, 11) is -4.32. The van der Waals surface area contributed by atoms with Crippen LogP contribution in [0.4, 0.5) is 0 Å². The molecular weight excluding hydrogens is 689 g/mol. The number of esters is 1. The van der Waals surface area contributed by atoms with Crippen LogP contribution in [0.25, 0.3) is 0 Å². The Balaban J connectivity index is 4.26. The summed E-state index contributed by atoms with van der Waals surface area (Å²) in [6.07, 6.45) is 46.7. The molecule has 0 aromatic rings. The molecule has 0 aliphatic carbocycles. The van der Waals surface area contributed by atoms with E-state index in [1.165, 1.54) is 57.8 Å². The van der Waals surface area contributed by atoms with E-state index in [0.717, 1.165) is 70.6 Å². The number of phosphoric ester groups is 1. The molecule has 0 saturated carbocycles. The molecule has 0 aliphatic rings. The second-order valence-electron chi connectivity index (χ2n) is 13.3. The number of aliphatic hydroxyl groups excluding tert-OH is 1. The third-order valence-electron chi connectivity index (χ3n) is 8.32. The Morgan fingerprint density at radius 3 is 1.75 bits per heavy atom. The molecule has 306 valence electrons. The summed E-state index contributed by atoms with van der Waals surface area (Å²) in [6, 6.07) is 0. The summed E-state index contributed by atoms with van der Waals surface area (Å²) in [6.45, 7) is 3.85. The largest absolute Gasteiger partial charge is 0.498 e. The number of unbranched alkanes of at least 4 members (excludes halogenated alkanes) is 12. The van der Waals surface area contributed by atoms with E-state index in [4.69, 9.17) is 24.3 Å². The molecule has 0 spiro atoms. The van der Waals surface area contributed by atoms with Crippen molar-refractivity contribution in [3.05, 3.63) is 73.1 Å². The summed E-state index contributed by atoms with van der Waals surface area (Å²) >= 11 is 0. The van der Waals surface area contributed by atoms with Gasteiger partial charge in [-0.15, -0.1) is 0 Å². The fourth-order valence-corrected chi connectivity index (χ4v) is 5.87. The van der Waals surface area contributed by atoms with Gasteiger partial charge in [0.25, 0.3) is 0 Å². The number of phosphoric acid groups is 1. The average molecular weight is 766 g/mol. The van der Waals surface area contributed by atoms with Gasteiger partial charge in [0, 0.05) is 13.0 Å². The van der Waals surface area contributed by atoms with Crippen LogP contribution < -0.4 is 5.73 Å². The molecule has 0 aromatic carbocycles. The Morgan fingerprint density at radius 2 is 1.17 bits per heavy atom. The zero-order valence-corrected chi connectivity index (χ0v) is 34.2. The van der Waals surface area contributed by atoms with Crippen LogP contribution in [0.1, 0.15) is 155 Å². The van der Waals surface area contributed by atoms with Crippen LogP contribution in [-0.2, 0) is 27.9 Å². The lowest BCUT2D eigenvalue weighted by atomic mass is 10.1. The average Bonchev–Trinajstić information content (AvgIpc) is 3.15. The first-order chi connectivity index (χ1) is 25.8. The molecule has 3 atom stereocenters. The highest BCUT2D eigenvalue weighted by atomic mass is 31.2. The van der Waals surface area contributed by atoms with Crippen molar-refractivity contribution in [3.63, 3.8) is 0 Å². The van der Waals surface area contributed by atoms with Crippen molar-refractivity contribution in [3.8, 4) is 0 Å². The van der Waals surface area contributed by atoms with Crippen molar-refractivity contribution in [2.75, 3.05) is 26.4 Å². The molecule has 0 bridgehead atoms. The zero-order valence-electron chi connectivity index (χ0n) is 33.3. The lowest BCUT2D eigenvalue weighted by Gasteiger charge is -2.19. The maximum Gasteiger partial charge on any atom is 0.472 e. The first kappa shape index (κ1) is 50.7. The molecule has 0 saturated heterocycles. The maximum atomic E-state index is 12.5. The zero-order chi connectivity index (χ0) is 38.9. The first-order valence-electron chi connectivity index (χ1n) is 20.6. The topological polar surface area (TPSA) is 138 Å². The number of rotatable bonds is 38. The molecule has 0 aromatic heterocycles. The van der Waals surface area contributed by atoms with Gasteiger partial charge in [-0.25, -0.2) is 4.57 Å². The summed E-state index contributed by atoms with van der Waals surface area (Å²) < 4.78 is 33.0. The number of carbonyl (C=O) groups excluding carboxylic acids is 1. The Labute approximate surface area is 323 Å². The number of nitrogens with two attached hydrogens (primary N) is 1. The van der Waals surface area contributed by atoms with E-state index in [9.17, 15) is 19.4 Å². The minimum Gasteiger partial charge on any atom is -0.498 e. The summed E-state index contributed by atoms with van der Waals surface area (Å²) in [4.78, 5) is 22.4. The van der Waals surface area contributed by atoms with Crippen LogP contribution in [0.5, 0.6) is 0 Å². The van der Waals surface area contributed by atoms with E-state index in [-0.39, 0.29) is 38.9 Å². The molecule has 0 fully saturated rings. The molecule has 9 nitrogen and oxygen atoms in total. The molecule has 4 N–H and O–H groups in total. The third kappa shape index (κ3) is 39.3. The predicted octanol–water partition coefficient (Wildman–Crippen LogP) is 11.3. The van der Waals surface area contributed by atoms with Crippen molar-refractivity contribution in [1.82, 2.24) is 0 Å². The first-order valence-corrected chi connectivity index (χ1v) is 22.0. The normalized spacial score (nSPS) is 14.8. The number of allylic oxidation sites excluding steroid dienone is 11. The van der Waals surface area contributed by atoms with Crippen LogP contribution in [-0.4, -0.2) is 54.5 Å². The predicted molar refractivity (Wildman–Crippen MR) is 220 cm³/mol. The Morgan fingerprint density at radius 1 is 0.660 bits per heavy atom. The second kappa shape index (κ2) is 39.4. The van der Waals surface area contributed by atoms with Crippen LogP contribution in [0.3, 0.4) is 0 Å². The van der Waals surface area contributed by atoms with Crippen LogP contribution in [0.15, 0.2) is 73.1 Å². The van der Waals surface area contributed by atoms with E-state index in [1.54, 1.807) is 6.26 Å². The van der Waals surface area contributed by atoms with Gasteiger partial charge in [-0.05, 0) is 96.0 Å². The lowest BCUT2D eigenvalue weighted by molar-refractivity contribution is -0.153. The molecule has 0 rings (SSSR count). The van der Waals surface area contributed by atoms with Crippen molar-refractivity contribution in [2.45, 2.75) is 167 Å². The number of carbonyl (C=O) groups is 1. The minimum atomic E-state index is -4.32. The van der Waals surface area contributed by atoms with Gasteiger partial charge in [-0.2, -0.15) is 0 Å². The third-order valence-corrected chi connectivity index (χ3v) is 9.31. The molecule has 0 amide bonds. The summed E-state index contributed by atoms with van der Waals surface area (Å²) in [5.74, 6) is -0.424. The highest BCUT2D eigenvalue weighted by molar-refractivity contribution is 7.47. The number of aliphatic hydroxyl groups is 1. The number of hydrogen-bond acceptors (Lipinski definition) is 8. The van der Waals surface area contributed by atoms with Gasteiger partial charge in [0.05, 0.1) is 25.6 Å². The maximum absolute atomic E-state index is 12.5. The van der Waals surface area contributed by atoms with Crippen LogP contribution in [0.2, 0.25) is 0 Å². The second-order valence-corrected chi connectivity index (χ2v) is 14.8. The Hall–Kier alpha value is -2.26. The van der Waals surface area contributed by atoms with Gasteiger partial charge in [0.1, 0.15) is 6.61 Å². The monoisotopic (exact) mass is 766 g/mol. The van der Waals surface area contributed by atoms with Gasteiger partial charge < -0.3 is 25.2 Å². The molecule has 0 heterocycles.